The van der Waals surface area contributed by atoms with E-state index in [9.17, 15) is 0 Å². The number of benzene rings is 2. The molecule has 4 nitrogen and oxygen atoms in total. The van der Waals surface area contributed by atoms with Crippen molar-refractivity contribution >= 4 is 40.2 Å². The van der Waals surface area contributed by atoms with Crippen LogP contribution in [0.5, 0.6) is 5.75 Å². The predicted octanol–water partition coefficient (Wildman–Crippen LogP) is 3.92. The molecule has 0 radical (unpaired) electrons. The van der Waals surface area contributed by atoms with Gasteiger partial charge in [0.05, 0.1) is 28.4 Å². The van der Waals surface area contributed by atoms with Crippen LogP contribution in [0.25, 0.3) is 16.7 Å². The molecule has 0 aliphatic carbocycles. The molecule has 2 N–H and O–H groups in total. The minimum Gasteiger partial charge on any atom is -0.495 e. The monoisotopic (exact) mass is 307 g/mol. The number of hydrogen-bond donors (Lipinski definition) is 1. The number of methoxy groups -OCH3 is 1. The van der Waals surface area contributed by atoms with E-state index in [0.717, 1.165) is 11.2 Å². The number of nitrogen functional groups attached to an aromatic ring is 1. The Labute approximate surface area is 125 Å². The Kier molecular flexibility index (Phi) is 3.20. The maximum Gasteiger partial charge on any atom is 0.205 e. The third-order valence-corrected chi connectivity index (χ3v) is 3.67. The van der Waals surface area contributed by atoms with Crippen LogP contribution >= 0.6 is 23.2 Å². The summed E-state index contributed by atoms with van der Waals surface area (Å²) in [7, 11) is 1.57. The van der Waals surface area contributed by atoms with E-state index >= 15 is 0 Å². The zero-order valence-corrected chi connectivity index (χ0v) is 12.1. The minimum atomic E-state index is 0.359. The molecule has 0 amide bonds. The standard InChI is InChI=1S/C14H11Cl2N3O/c1-20-12-7-8(5-6-9(12)15)19-11-4-2-3-10(16)13(11)18-14(19)17/h2-7H,1H3,(H2,17,18). The number of rotatable bonds is 2. The van der Waals surface area contributed by atoms with Gasteiger partial charge in [-0.25, -0.2) is 4.98 Å². The lowest BCUT2D eigenvalue weighted by Gasteiger charge is -2.09. The summed E-state index contributed by atoms with van der Waals surface area (Å²) in [6.07, 6.45) is 0. The van der Waals surface area contributed by atoms with E-state index in [2.05, 4.69) is 4.98 Å². The Balaban J connectivity index is 2.29. The van der Waals surface area contributed by atoms with Crippen LogP contribution in [0, 0.1) is 0 Å². The van der Waals surface area contributed by atoms with Crippen molar-refractivity contribution in [2.24, 2.45) is 0 Å². The Bertz CT molecular complexity index is 798. The van der Waals surface area contributed by atoms with Crippen LogP contribution < -0.4 is 10.5 Å². The number of nitrogens with two attached hydrogens (primary N) is 1. The fourth-order valence-corrected chi connectivity index (χ4v) is 2.55. The summed E-state index contributed by atoms with van der Waals surface area (Å²) < 4.78 is 7.03. The molecule has 0 aliphatic heterocycles. The highest BCUT2D eigenvalue weighted by Gasteiger charge is 2.13. The average Bonchev–Trinajstić information content (AvgIpc) is 2.77. The molecule has 1 heterocycles. The normalized spacial score (nSPS) is 10.9. The molecule has 0 spiro atoms. The molecule has 0 aliphatic rings. The summed E-state index contributed by atoms with van der Waals surface area (Å²) in [6.45, 7) is 0. The second-order valence-corrected chi connectivity index (χ2v) is 5.05. The first-order chi connectivity index (χ1) is 9.61. The first-order valence-electron chi connectivity index (χ1n) is 5.88. The molecule has 2 aromatic carbocycles. The number of halogens is 2. The summed E-state index contributed by atoms with van der Waals surface area (Å²) in [4.78, 5) is 4.30. The van der Waals surface area contributed by atoms with Gasteiger partial charge in [0.25, 0.3) is 0 Å². The van der Waals surface area contributed by atoms with Crippen LogP contribution in [0.15, 0.2) is 36.4 Å². The number of hydrogen-bond acceptors (Lipinski definition) is 3. The van der Waals surface area contributed by atoms with Gasteiger partial charge in [0, 0.05) is 6.07 Å². The summed E-state index contributed by atoms with van der Waals surface area (Å²) in [6, 6.07) is 11.0. The van der Waals surface area contributed by atoms with Gasteiger partial charge in [0.1, 0.15) is 11.3 Å². The number of aromatic nitrogens is 2. The van der Waals surface area contributed by atoms with E-state index in [1.54, 1.807) is 29.9 Å². The van der Waals surface area contributed by atoms with Gasteiger partial charge < -0.3 is 10.5 Å². The molecule has 0 atom stereocenters. The topological polar surface area (TPSA) is 53.1 Å². The molecule has 0 unspecified atom stereocenters. The molecule has 0 bridgehead atoms. The van der Waals surface area contributed by atoms with Gasteiger partial charge in [-0.2, -0.15) is 0 Å². The lowest BCUT2D eigenvalue weighted by Crippen LogP contribution is -2.01. The quantitative estimate of drug-likeness (QED) is 0.780. The maximum absolute atomic E-state index is 6.14. The summed E-state index contributed by atoms with van der Waals surface area (Å²) in [5.41, 5.74) is 8.32. The van der Waals surface area contributed by atoms with Gasteiger partial charge in [-0.1, -0.05) is 29.3 Å². The SMILES string of the molecule is COc1cc(-n2c(N)nc3c(Cl)cccc32)ccc1Cl. The summed E-state index contributed by atoms with van der Waals surface area (Å²) in [5, 5.41) is 1.10. The van der Waals surface area contributed by atoms with Crippen LogP contribution in [-0.2, 0) is 0 Å². The van der Waals surface area contributed by atoms with Gasteiger partial charge in [-0.05, 0) is 24.3 Å². The first-order valence-corrected chi connectivity index (χ1v) is 6.64. The van der Waals surface area contributed by atoms with E-state index < -0.39 is 0 Å². The lowest BCUT2D eigenvalue weighted by molar-refractivity contribution is 0.415. The fourth-order valence-electron chi connectivity index (χ4n) is 2.14. The van der Waals surface area contributed by atoms with Gasteiger partial charge in [0.15, 0.2) is 0 Å². The van der Waals surface area contributed by atoms with Crippen molar-refractivity contribution in [1.29, 1.82) is 0 Å². The second-order valence-electron chi connectivity index (χ2n) is 4.23. The molecule has 102 valence electrons. The van der Waals surface area contributed by atoms with Crippen LogP contribution in [0.1, 0.15) is 0 Å². The Hall–Kier alpha value is -1.91. The zero-order chi connectivity index (χ0) is 14.3. The van der Waals surface area contributed by atoms with Crippen LogP contribution in [0.3, 0.4) is 0 Å². The van der Waals surface area contributed by atoms with E-state index in [4.69, 9.17) is 33.7 Å². The second kappa shape index (κ2) is 4.89. The van der Waals surface area contributed by atoms with Gasteiger partial charge in [-0.3, -0.25) is 4.57 Å². The molecule has 0 saturated heterocycles. The predicted molar refractivity (Wildman–Crippen MR) is 82.1 cm³/mol. The average molecular weight is 308 g/mol. The fraction of sp³-hybridized carbons (Fsp3) is 0.0714. The lowest BCUT2D eigenvalue weighted by atomic mass is 10.2. The number of fused-ring (bicyclic) bond motifs is 1. The highest BCUT2D eigenvalue weighted by atomic mass is 35.5. The molecular weight excluding hydrogens is 297 g/mol. The number of nitrogens with zero attached hydrogens (tertiary/aromatic N) is 2. The van der Waals surface area contributed by atoms with Crippen molar-refractivity contribution in [3.8, 4) is 11.4 Å². The molecular formula is C14H11Cl2N3O. The Morgan fingerprint density at radius 2 is 1.95 bits per heavy atom. The molecule has 0 fully saturated rings. The first kappa shape index (κ1) is 13.1. The van der Waals surface area contributed by atoms with Crippen LogP contribution in [0.4, 0.5) is 5.95 Å². The largest absolute Gasteiger partial charge is 0.495 e. The van der Waals surface area contributed by atoms with Crippen molar-refractivity contribution in [3.63, 3.8) is 0 Å². The highest BCUT2D eigenvalue weighted by molar-refractivity contribution is 6.35. The van der Waals surface area contributed by atoms with E-state index in [1.165, 1.54) is 0 Å². The highest BCUT2D eigenvalue weighted by Crippen LogP contribution is 2.31. The smallest absolute Gasteiger partial charge is 0.205 e. The van der Waals surface area contributed by atoms with Crippen LogP contribution in [0.2, 0.25) is 10.0 Å². The number of imidazole rings is 1. The van der Waals surface area contributed by atoms with Gasteiger partial charge in [0.2, 0.25) is 5.95 Å². The molecule has 20 heavy (non-hydrogen) atoms. The number of anilines is 1. The maximum atomic E-state index is 6.14. The van der Waals surface area contributed by atoms with E-state index in [0.29, 0.717) is 27.3 Å². The van der Waals surface area contributed by atoms with Crippen molar-refractivity contribution in [2.45, 2.75) is 0 Å². The molecule has 0 saturated carbocycles. The van der Waals surface area contributed by atoms with Crippen molar-refractivity contribution in [3.05, 3.63) is 46.4 Å². The Morgan fingerprint density at radius 3 is 2.70 bits per heavy atom. The summed E-state index contributed by atoms with van der Waals surface area (Å²) >= 11 is 12.2. The van der Waals surface area contributed by atoms with E-state index in [-0.39, 0.29) is 0 Å². The Morgan fingerprint density at radius 1 is 1.15 bits per heavy atom. The minimum absolute atomic E-state index is 0.359. The van der Waals surface area contributed by atoms with Crippen molar-refractivity contribution < 1.29 is 4.74 Å². The van der Waals surface area contributed by atoms with E-state index in [1.807, 2.05) is 18.2 Å². The third kappa shape index (κ3) is 1.97. The van der Waals surface area contributed by atoms with Crippen molar-refractivity contribution in [2.75, 3.05) is 12.8 Å². The zero-order valence-electron chi connectivity index (χ0n) is 10.6. The van der Waals surface area contributed by atoms with Crippen molar-refractivity contribution in [1.82, 2.24) is 9.55 Å². The molecule has 3 rings (SSSR count). The number of para-hydroxylation sites is 1. The van der Waals surface area contributed by atoms with Gasteiger partial charge in [-0.15, -0.1) is 0 Å². The van der Waals surface area contributed by atoms with Gasteiger partial charge >= 0.3 is 0 Å². The van der Waals surface area contributed by atoms with Crippen LogP contribution in [-0.4, -0.2) is 16.7 Å². The molecule has 6 heteroatoms. The molecule has 1 aromatic heterocycles. The molecule has 3 aromatic rings. The summed E-state index contributed by atoms with van der Waals surface area (Å²) in [5.74, 6) is 0.935. The third-order valence-electron chi connectivity index (χ3n) is 3.05. The number of ether oxygens (including phenoxy) is 1.